The maximum absolute atomic E-state index is 12.8. The lowest BCUT2D eigenvalue weighted by molar-refractivity contribution is 0.0606. The average molecular weight is 602 g/mol. The number of esters is 2. The minimum atomic E-state index is -1.52. The zero-order valence-electron chi connectivity index (χ0n) is 25.8. The summed E-state index contributed by atoms with van der Waals surface area (Å²) in [5.41, 5.74) is 3.32. The first-order chi connectivity index (χ1) is 21.1. The van der Waals surface area contributed by atoms with Gasteiger partial charge in [0, 0.05) is 13.7 Å². The molecular formula is C34H39BO9. The normalized spacial score (nSPS) is 12.1. The summed E-state index contributed by atoms with van der Waals surface area (Å²) in [7, 11) is 0.153. The van der Waals surface area contributed by atoms with Crippen LogP contribution >= 0.6 is 0 Å². The van der Waals surface area contributed by atoms with Crippen LogP contribution in [0.25, 0.3) is 0 Å². The third-order valence-electron chi connectivity index (χ3n) is 6.99. The van der Waals surface area contributed by atoms with Crippen LogP contribution in [0.2, 0.25) is 0 Å². The number of hydrogen-bond acceptors (Lipinski definition) is 9. The maximum Gasteiger partial charge on any atom is 0.488 e. The smallest absolute Gasteiger partial charge is 0.488 e. The summed E-state index contributed by atoms with van der Waals surface area (Å²) in [5, 5.41) is 18.4. The maximum atomic E-state index is 12.8. The SMILES string of the molecule is COCCCCOc1ccc(C(=O)O/C(C)=C(C)/C(C)=C(\C)OC(=O)c2ccc(OCc3ccc(B(O)O)cc3)cc2)cc1. The Hall–Kier alpha value is -4.38. The molecule has 0 bridgehead atoms. The largest absolute Gasteiger partial charge is 0.494 e. The highest BCUT2D eigenvalue weighted by Gasteiger charge is 2.15. The van der Waals surface area contributed by atoms with Crippen LogP contribution in [0.3, 0.4) is 0 Å². The molecule has 0 radical (unpaired) electrons. The van der Waals surface area contributed by atoms with E-state index in [1.807, 2.05) is 0 Å². The molecule has 3 rings (SSSR count). The Bertz CT molecular complexity index is 1440. The second-order valence-corrected chi connectivity index (χ2v) is 10.1. The first-order valence-corrected chi connectivity index (χ1v) is 14.3. The number of benzene rings is 3. The summed E-state index contributed by atoms with van der Waals surface area (Å²) >= 11 is 0. The van der Waals surface area contributed by atoms with Gasteiger partial charge < -0.3 is 33.7 Å². The second kappa shape index (κ2) is 17.1. The Morgan fingerprint density at radius 3 is 1.55 bits per heavy atom. The molecule has 0 aliphatic rings. The number of hydrogen-bond donors (Lipinski definition) is 2. The number of allylic oxidation sites excluding steroid dienone is 4. The first-order valence-electron chi connectivity index (χ1n) is 14.3. The van der Waals surface area contributed by atoms with Gasteiger partial charge in [0.25, 0.3) is 0 Å². The lowest BCUT2D eigenvalue weighted by atomic mass is 9.80. The molecule has 10 heteroatoms. The van der Waals surface area contributed by atoms with Crippen LogP contribution in [-0.4, -0.2) is 49.4 Å². The van der Waals surface area contributed by atoms with Gasteiger partial charge in [-0.25, -0.2) is 9.59 Å². The second-order valence-electron chi connectivity index (χ2n) is 10.1. The molecule has 0 spiro atoms. The van der Waals surface area contributed by atoms with Crippen molar-refractivity contribution in [1.29, 1.82) is 0 Å². The third-order valence-corrected chi connectivity index (χ3v) is 6.99. The average Bonchev–Trinajstić information content (AvgIpc) is 3.03. The highest BCUT2D eigenvalue weighted by atomic mass is 16.5. The number of methoxy groups -OCH3 is 1. The topological polar surface area (TPSA) is 121 Å². The van der Waals surface area contributed by atoms with E-state index in [1.54, 1.807) is 108 Å². The fourth-order valence-corrected chi connectivity index (χ4v) is 3.94. The predicted octanol–water partition coefficient (Wildman–Crippen LogP) is 5.35. The number of ether oxygens (including phenoxy) is 5. The van der Waals surface area contributed by atoms with E-state index in [2.05, 4.69) is 0 Å². The summed E-state index contributed by atoms with van der Waals surface area (Å²) < 4.78 is 27.6. The van der Waals surface area contributed by atoms with Crippen molar-refractivity contribution in [3.05, 3.63) is 112 Å². The molecule has 44 heavy (non-hydrogen) atoms. The van der Waals surface area contributed by atoms with Crippen molar-refractivity contribution in [2.24, 2.45) is 0 Å². The zero-order valence-corrected chi connectivity index (χ0v) is 25.8. The van der Waals surface area contributed by atoms with Crippen molar-refractivity contribution in [2.75, 3.05) is 20.3 Å². The van der Waals surface area contributed by atoms with Gasteiger partial charge in [-0.05, 0) is 111 Å². The van der Waals surface area contributed by atoms with Crippen LogP contribution in [0.15, 0.2) is 95.5 Å². The lowest BCUT2D eigenvalue weighted by Crippen LogP contribution is -2.29. The van der Waals surface area contributed by atoms with Gasteiger partial charge in [0.1, 0.15) is 29.6 Å². The molecule has 232 valence electrons. The van der Waals surface area contributed by atoms with Crippen molar-refractivity contribution in [1.82, 2.24) is 0 Å². The molecule has 3 aromatic rings. The monoisotopic (exact) mass is 602 g/mol. The Kier molecular flexibility index (Phi) is 13.2. The number of carbonyl (C=O) groups excluding carboxylic acids is 2. The Labute approximate surface area is 258 Å². The Morgan fingerprint density at radius 2 is 1.09 bits per heavy atom. The van der Waals surface area contributed by atoms with Gasteiger partial charge in [0.05, 0.1) is 17.7 Å². The van der Waals surface area contributed by atoms with E-state index in [9.17, 15) is 19.6 Å². The summed E-state index contributed by atoms with van der Waals surface area (Å²) in [6, 6.07) is 20.1. The lowest BCUT2D eigenvalue weighted by Gasteiger charge is -2.13. The number of unbranched alkanes of at least 4 members (excludes halogenated alkanes) is 1. The summed E-state index contributed by atoms with van der Waals surface area (Å²) in [6.45, 7) is 8.49. The van der Waals surface area contributed by atoms with Crippen molar-refractivity contribution in [2.45, 2.75) is 47.1 Å². The number of rotatable bonds is 15. The van der Waals surface area contributed by atoms with Crippen molar-refractivity contribution in [3.63, 3.8) is 0 Å². The van der Waals surface area contributed by atoms with E-state index >= 15 is 0 Å². The molecule has 0 saturated carbocycles. The van der Waals surface area contributed by atoms with E-state index in [0.717, 1.165) is 18.4 Å². The molecule has 0 aromatic heterocycles. The van der Waals surface area contributed by atoms with Crippen molar-refractivity contribution >= 4 is 24.5 Å². The van der Waals surface area contributed by atoms with Crippen LogP contribution in [0.1, 0.15) is 66.8 Å². The molecule has 9 nitrogen and oxygen atoms in total. The minimum absolute atomic E-state index is 0.275. The van der Waals surface area contributed by atoms with Gasteiger partial charge >= 0.3 is 19.1 Å². The van der Waals surface area contributed by atoms with E-state index in [1.165, 1.54) is 0 Å². The quantitative estimate of drug-likeness (QED) is 0.0780. The molecule has 0 amide bonds. The molecule has 0 heterocycles. The Morgan fingerprint density at radius 1 is 0.636 bits per heavy atom. The summed E-state index contributed by atoms with van der Waals surface area (Å²) in [5.74, 6) is 0.978. The summed E-state index contributed by atoms with van der Waals surface area (Å²) in [4.78, 5) is 25.5. The predicted molar refractivity (Wildman–Crippen MR) is 168 cm³/mol. The summed E-state index contributed by atoms with van der Waals surface area (Å²) in [6.07, 6.45) is 1.79. The molecule has 0 aliphatic carbocycles. The van der Waals surface area contributed by atoms with Crippen LogP contribution in [-0.2, 0) is 20.8 Å². The zero-order chi connectivity index (χ0) is 32.1. The van der Waals surface area contributed by atoms with Crippen molar-refractivity contribution < 1.29 is 43.3 Å². The van der Waals surface area contributed by atoms with Gasteiger partial charge in [0.2, 0.25) is 0 Å². The molecule has 0 aliphatic heterocycles. The van der Waals surface area contributed by atoms with Crippen LogP contribution in [0.4, 0.5) is 0 Å². The van der Waals surface area contributed by atoms with E-state index in [-0.39, 0.29) is 6.61 Å². The standard InChI is InChI=1S/C34H39BO9/c1-23(25(3)43-33(36)28-10-16-31(17-11-28)41-21-7-6-20-40-5)24(2)26(4)44-34(37)29-12-18-32(19-13-29)42-22-27-8-14-30(15-9-27)35(38)39/h8-19,38-39H,6-7,20-22H2,1-5H3/b25-23+,26-24+. The van der Waals surface area contributed by atoms with Crippen molar-refractivity contribution in [3.8, 4) is 11.5 Å². The first kappa shape index (κ1) is 34.1. The number of carbonyl (C=O) groups is 2. The molecule has 0 unspecified atom stereocenters. The fourth-order valence-electron chi connectivity index (χ4n) is 3.94. The molecule has 3 aromatic carbocycles. The third kappa shape index (κ3) is 10.4. The Balaban J connectivity index is 1.53. The molecule has 0 atom stereocenters. The van der Waals surface area contributed by atoms with E-state index in [4.69, 9.17) is 23.7 Å². The van der Waals surface area contributed by atoms with Crippen LogP contribution in [0.5, 0.6) is 11.5 Å². The van der Waals surface area contributed by atoms with Crippen LogP contribution in [0, 0.1) is 0 Å². The van der Waals surface area contributed by atoms with Gasteiger partial charge in [-0.3, -0.25) is 0 Å². The highest BCUT2D eigenvalue weighted by molar-refractivity contribution is 6.58. The highest BCUT2D eigenvalue weighted by Crippen LogP contribution is 2.23. The van der Waals surface area contributed by atoms with Gasteiger partial charge in [-0.1, -0.05) is 24.3 Å². The van der Waals surface area contributed by atoms with Gasteiger partial charge in [-0.2, -0.15) is 0 Å². The van der Waals surface area contributed by atoms with Crippen LogP contribution < -0.4 is 14.9 Å². The molecule has 2 N–H and O–H groups in total. The fraction of sp³-hybridized carbons (Fsp3) is 0.294. The van der Waals surface area contributed by atoms with Gasteiger partial charge in [0.15, 0.2) is 0 Å². The molecule has 0 saturated heterocycles. The minimum Gasteiger partial charge on any atom is -0.494 e. The van der Waals surface area contributed by atoms with E-state index in [0.29, 0.717) is 64.0 Å². The van der Waals surface area contributed by atoms with E-state index < -0.39 is 19.1 Å². The molecular weight excluding hydrogens is 563 g/mol. The van der Waals surface area contributed by atoms with Gasteiger partial charge in [-0.15, -0.1) is 0 Å². The molecule has 0 fully saturated rings.